The number of aliphatic hydroxyl groups excluding tert-OH is 1. The normalized spacial score (nSPS) is 22.6. The molecule has 112 valence electrons. The maximum atomic E-state index is 10.0. The Morgan fingerprint density at radius 3 is 3.00 bits per heavy atom. The maximum Gasteiger partial charge on any atom is 0.230 e. The van der Waals surface area contributed by atoms with E-state index in [1.54, 1.807) is 14.0 Å². The summed E-state index contributed by atoms with van der Waals surface area (Å²) in [6.45, 7) is 2.91. The molecular weight excluding hydrogens is 270 g/mol. The van der Waals surface area contributed by atoms with Gasteiger partial charge in [-0.1, -0.05) is 12.1 Å². The van der Waals surface area contributed by atoms with Gasteiger partial charge in [-0.15, -0.1) is 10.2 Å². The van der Waals surface area contributed by atoms with Crippen molar-refractivity contribution < 1.29 is 14.3 Å². The highest BCUT2D eigenvalue weighted by molar-refractivity contribution is 5.31. The van der Waals surface area contributed by atoms with Crippen molar-refractivity contribution in [2.24, 2.45) is 0 Å². The van der Waals surface area contributed by atoms with E-state index in [-0.39, 0.29) is 12.1 Å². The molecule has 1 N–H and O–H groups in total. The van der Waals surface area contributed by atoms with Crippen molar-refractivity contribution in [3.63, 3.8) is 0 Å². The highest BCUT2D eigenvalue weighted by atomic mass is 16.5. The number of hydrogen-bond donors (Lipinski definition) is 1. The average molecular weight is 289 g/mol. The molecule has 0 aliphatic carbocycles. The van der Waals surface area contributed by atoms with Crippen LogP contribution in [0.25, 0.3) is 0 Å². The van der Waals surface area contributed by atoms with Gasteiger partial charge in [0, 0.05) is 19.5 Å². The van der Waals surface area contributed by atoms with Crippen LogP contribution >= 0.6 is 0 Å². The molecule has 1 aliphatic heterocycles. The summed E-state index contributed by atoms with van der Waals surface area (Å²) < 4.78 is 10.7. The number of nitrogens with zero attached hydrogens (tertiary/aromatic N) is 3. The molecule has 0 bridgehead atoms. The Morgan fingerprint density at radius 2 is 2.29 bits per heavy atom. The smallest absolute Gasteiger partial charge is 0.230 e. The molecule has 1 aromatic carbocycles. The fraction of sp³-hybridized carbons (Fsp3) is 0.467. The first kappa shape index (κ1) is 14.0. The molecule has 0 spiro atoms. The van der Waals surface area contributed by atoms with E-state index in [4.69, 9.17) is 9.15 Å². The predicted octanol–water partition coefficient (Wildman–Crippen LogP) is 1.69. The third-order valence-corrected chi connectivity index (χ3v) is 3.77. The molecule has 0 saturated carbocycles. The monoisotopic (exact) mass is 289 g/mol. The maximum absolute atomic E-state index is 10.0. The lowest BCUT2D eigenvalue weighted by Crippen LogP contribution is -2.24. The van der Waals surface area contributed by atoms with Gasteiger partial charge in [-0.05, 0) is 24.1 Å². The van der Waals surface area contributed by atoms with Crippen LogP contribution in [0.5, 0.6) is 5.75 Å². The third kappa shape index (κ3) is 3.06. The van der Waals surface area contributed by atoms with Gasteiger partial charge in [0.2, 0.25) is 11.8 Å². The summed E-state index contributed by atoms with van der Waals surface area (Å²) in [4.78, 5) is 2.16. The van der Waals surface area contributed by atoms with Crippen LogP contribution < -0.4 is 4.74 Å². The molecular formula is C15H19N3O3. The molecule has 6 heteroatoms. The Labute approximate surface area is 123 Å². The molecule has 1 saturated heterocycles. The summed E-state index contributed by atoms with van der Waals surface area (Å²) in [5.41, 5.74) is 1.13. The molecule has 1 fully saturated rings. The van der Waals surface area contributed by atoms with Crippen molar-refractivity contribution in [1.29, 1.82) is 0 Å². The van der Waals surface area contributed by atoms with Gasteiger partial charge in [0.25, 0.3) is 0 Å². The van der Waals surface area contributed by atoms with Gasteiger partial charge in [-0.3, -0.25) is 4.90 Å². The first-order valence-electron chi connectivity index (χ1n) is 7.01. The number of rotatable bonds is 4. The lowest BCUT2D eigenvalue weighted by molar-refractivity contribution is 0.167. The summed E-state index contributed by atoms with van der Waals surface area (Å²) in [6.07, 6.45) is 0.352. The number of methoxy groups -OCH3 is 1. The van der Waals surface area contributed by atoms with Crippen LogP contribution in [-0.2, 0) is 6.54 Å². The van der Waals surface area contributed by atoms with Gasteiger partial charge < -0.3 is 14.3 Å². The molecule has 21 heavy (non-hydrogen) atoms. The van der Waals surface area contributed by atoms with Gasteiger partial charge in [0.1, 0.15) is 5.75 Å². The fourth-order valence-corrected chi connectivity index (χ4v) is 2.82. The van der Waals surface area contributed by atoms with Gasteiger partial charge in [-0.2, -0.15) is 0 Å². The third-order valence-electron chi connectivity index (χ3n) is 3.77. The van der Waals surface area contributed by atoms with E-state index >= 15 is 0 Å². The quantitative estimate of drug-likeness (QED) is 0.923. The van der Waals surface area contributed by atoms with Gasteiger partial charge in [0.05, 0.1) is 19.8 Å². The van der Waals surface area contributed by atoms with E-state index in [1.165, 1.54) is 0 Å². The number of aliphatic hydroxyl groups is 1. The first-order valence-corrected chi connectivity index (χ1v) is 7.01. The minimum absolute atomic E-state index is 0.127. The number of likely N-dealkylation sites (tertiary alicyclic amines) is 1. The molecule has 2 heterocycles. The second kappa shape index (κ2) is 5.83. The molecule has 2 aromatic rings. The second-order valence-corrected chi connectivity index (χ2v) is 5.33. The van der Waals surface area contributed by atoms with Crippen LogP contribution in [0.15, 0.2) is 28.7 Å². The Balaban J connectivity index is 1.81. The molecule has 1 aromatic heterocycles. The minimum atomic E-state index is -0.342. The van der Waals surface area contributed by atoms with Crippen LogP contribution in [-0.4, -0.2) is 40.0 Å². The zero-order valence-electron chi connectivity index (χ0n) is 12.2. The number of β-amino-alcohol motifs (C(OH)–C–C–N with tert-alkyl or cyclic N) is 1. The van der Waals surface area contributed by atoms with E-state index < -0.39 is 0 Å². The number of benzene rings is 1. The number of aryl methyl sites for hydroxylation is 1. The van der Waals surface area contributed by atoms with Gasteiger partial charge in [0.15, 0.2) is 0 Å². The van der Waals surface area contributed by atoms with Crippen molar-refractivity contribution in [2.45, 2.75) is 32.0 Å². The van der Waals surface area contributed by atoms with Crippen molar-refractivity contribution >= 4 is 0 Å². The van der Waals surface area contributed by atoms with Crippen molar-refractivity contribution in [2.75, 3.05) is 13.7 Å². The topological polar surface area (TPSA) is 71.6 Å². The van der Waals surface area contributed by atoms with Gasteiger partial charge in [-0.25, -0.2) is 0 Å². The van der Waals surface area contributed by atoms with Crippen LogP contribution in [0.4, 0.5) is 0 Å². The van der Waals surface area contributed by atoms with Crippen molar-refractivity contribution in [3.05, 3.63) is 41.6 Å². The fourth-order valence-electron chi connectivity index (χ4n) is 2.82. The molecule has 6 nitrogen and oxygen atoms in total. The Hall–Kier alpha value is -1.92. The molecule has 0 unspecified atom stereocenters. The predicted molar refractivity (Wildman–Crippen MR) is 75.8 cm³/mol. The summed E-state index contributed by atoms with van der Waals surface area (Å²) in [6, 6.07) is 8.07. The number of ether oxygens (including phenoxy) is 1. The highest BCUT2D eigenvalue weighted by Gasteiger charge is 2.33. The van der Waals surface area contributed by atoms with Crippen LogP contribution in [0, 0.1) is 6.92 Å². The molecule has 2 atom stereocenters. The average Bonchev–Trinajstić information content (AvgIpc) is 3.05. The summed E-state index contributed by atoms with van der Waals surface area (Å²) in [5, 5.41) is 17.9. The van der Waals surface area contributed by atoms with Gasteiger partial charge >= 0.3 is 0 Å². The Kier molecular flexibility index (Phi) is 3.90. The Morgan fingerprint density at radius 1 is 1.43 bits per heavy atom. The lowest BCUT2D eigenvalue weighted by atomic mass is 10.0. The number of aromatic nitrogens is 2. The van der Waals surface area contributed by atoms with E-state index in [2.05, 4.69) is 21.2 Å². The van der Waals surface area contributed by atoms with Crippen molar-refractivity contribution in [1.82, 2.24) is 15.1 Å². The van der Waals surface area contributed by atoms with E-state index in [0.29, 0.717) is 31.3 Å². The van der Waals surface area contributed by atoms with Crippen LogP contribution in [0.3, 0.4) is 0 Å². The Bertz CT molecular complexity index is 614. The molecule has 3 rings (SSSR count). The first-order chi connectivity index (χ1) is 10.2. The van der Waals surface area contributed by atoms with E-state index in [1.807, 2.05) is 18.2 Å². The van der Waals surface area contributed by atoms with Crippen molar-refractivity contribution in [3.8, 4) is 5.75 Å². The summed E-state index contributed by atoms with van der Waals surface area (Å²) in [5.74, 6) is 1.96. The zero-order valence-corrected chi connectivity index (χ0v) is 12.2. The molecule has 1 aliphatic rings. The van der Waals surface area contributed by atoms with Crippen LogP contribution in [0.1, 0.15) is 29.8 Å². The highest BCUT2D eigenvalue weighted by Crippen LogP contribution is 2.34. The van der Waals surface area contributed by atoms with E-state index in [9.17, 15) is 5.11 Å². The standard InChI is InChI=1S/C15H19N3O3/c1-10-16-17-15(21-10)9-18-8-12(19)7-14(18)11-4-3-5-13(6-11)20-2/h3-6,12,14,19H,7-9H2,1-2H3/t12-,14-/m0/s1. The molecule has 0 radical (unpaired) electrons. The minimum Gasteiger partial charge on any atom is -0.497 e. The second-order valence-electron chi connectivity index (χ2n) is 5.33. The summed E-state index contributed by atoms with van der Waals surface area (Å²) in [7, 11) is 1.65. The van der Waals surface area contributed by atoms with E-state index in [0.717, 1.165) is 11.3 Å². The SMILES string of the molecule is COc1cccc([C@@H]2C[C@H](O)CN2Cc2nnc(C)o2)c1. The summed E-state index contributed by atoms with van der Waals surface area (Å²) >= 11 is 0. The lowest BCUT2D eigenvalue weighted by Gasteiger charge is -2.23. The largest absolute Gasteiger partial charge is 0.497 e. The number of hydrogen-bond acceptors (Lipinski definition) is 6. The molecule has 0 amide bonds. The zero-order chi connectivity index (χ0) is 14.8. The van der Waals surface area contributed by atoms with Crippen LogP contribution in [0.2, 0.25) is 0 Å².